The Kier molecular flexibility index (Phi) is 3.94. The van der Waals surface area contributed by atoms with Crippen LogP contribution in [0.5, 0.6) is 0 Å². The minimum atomic E-state index is -3.68. The molecule has 0 aliphatic rings. The molecule has 0 radical (unpaired) electrons. The van der Waals surface area contributed by atoms with Gasteiger partial charge >= 0.3 is 0 Å². The molecule has 0 saturated heterocycles. The van der Waals surface area contributed by atoms with E-state index in [1.165, 1.54) is 22.6 Å². The van der Waals surface area contributed by atoms with Gasteiger partial charge in [0.2, 0.25) is 5.56 Å². The second kappa shape index (κ2) is 5.50. The van der Waals surface area contributed by atoms with E-state index in [9.17, 15) is 13.2 Å². The number of nitrogens with one attached hydrogen (secondary N) is 1. The maximum Gasteiger partial charge on any atom is 0.265 e. The number of pyridine rings is 1. The van der Waals surface area contributed by atoms with Gasteiger partial charge in [-0.05, 0) is 31.5 Å². The summed E-state index contributed by atoms with van der Waals surface area (Å²) in [5.74, 6) is 0. The molecular formula is C14H16N2O3S. The van der Waals surface area contributed by atoms with Crippen molar-refractivity contribution in [2.45, 2.75) is 18.7 Å². The van der Waals surface area contributed by atoms with Gasteiger partial charge in [-0.15, -0.1) is 0 Å². The molecule has 1 N–H and O–H groups in total. The Morgan fingerprint density at radius 2 is 1.85 bits per heavy atom. The fourth-order valence-corrected chi connectivity index (χ4v) is 3.50. The van der Waals surface area contributed by atoms with Gasteiger partial charge in [-0.1, -0.05) is 18.2 Å². The summed E-state index contributed by atoms with van der Waals surface area (Å²) in [6, 6.07) is 9.81. The summed E-state index contributed by atoms with van der Waals surface area (Å²) in [5, 5.41) is 0. The number of aromatic nitrogens is 1. The molecule has 0 amide bonds. The molecule has 0 unspecified atom stereocenters. The highest BCUT2D eigenvalue weighted by molar-refractivity contribution is 7.92. The molecule has 1 aromatic carbocycles. The number of sulfonamides is 1. The summed E-state index contributed by atoms with van der Waals surface area (Å²) in [7, 11) is -3.68. The van der Waals surface area contributed by atoms with Crippen LogP contribution in [0.4, 0.5) is 5.69 Å². The van der Waals surface area contributed by atoms with Crippen molar-refractivity contribution in [1.82, 2.24) is 4.98 Å². The normalized spacial score (nSPS) is 11.3. The van der Waals surface area contributed by atoms with Crippen molar-refractivity contribution in [3.05, 3.63) is 58.5 Å². The summed E-state index contributed by atoms with van der Waals surface area (Å²) in [6.07, 6.45) is 1.22. The Morgan fingerprint density at radius 1 is 1.15 bits per heavy atom. The summed E-state index contributed by atoms with van der Waals surface area (Å²) in [4.78, 5) is 13.5. The molecule has 0 aliphatic heterocycles. The van der Waals surface area contributed by atoms with E-state index in [0.717, 1.165) is 5.56 Å². The van der Waals surface area contributed by atoms with Crippen molar-refractivity contribution in [1.29, 1.82) is 0 Å². The number of hydrogen-bond acceptors (Lipinski definition) is 3. The Labute approximate surface area is 117 Å². The molecule has 0 aliphatic carbocycles. The van der Waals surface area contributed by atoms with E-state index in [2.05, 4.69) is 4.98 Å². The van der Waals surface area contributed by atoms with Crippen LogP contribution in [-0.2, 0) is 10.0 Å². The van der Waals surface area contributed by atoms with Crippen LogP contribution in [0, 0.1) is 6.92 Å². The van der Waals surface area contributed by atoms with E-state index in [-0.39, 0.29) is 10.5 Å². The van der Waals surface area contributed by atoms with Gasteiger partial charge in [0.15, 0.2) is 0 Å². The van der Waals surface area contributed by atoms with E-state index in [4.69, 9.17) is 0 Å². The van der Waals surface area contributed by atoms with Crippen molar-refractivity contribution < 1.29 is 8.42 Å². The van der Waals surface area contributed by atoms with Gasteiger partial charge in [0.25, 0.3) is 10.0 Å². The zero-order chi connectivity index (χ0) is 14.8. The van der Waals surface area contributed by atoms with Crippen molar-refractivity contribution in [2.24, 2.45) is 0 Å². The van der Waals surface area contributed by atoms with Crippen LogP contribution in [0.1, 0.15) is 12.5 Å². The number of aryl methyl sites for hydroxylation is 1. The number of H-pyrrole nitrogens is 1. The molecule has 0 saturated carbocycles. The van der Waals surface area contributed by atoms with Gasteiger partial charge in [-0.2, -0.15) is 0 Å². The Balaban J connectivity index is 2.53. The topological polar surface area (TPSA) is 70.2 Å². The average molecular weight is 292 g/mol. The highest BCUT2D eigenvalue weighted by Gasteiger charge is 2.24. The van der Waals surface area contributed by atoms with E-state index in [1.807, 2.05) is 19.1 Å². The van der Waals surface area contributed by atoms with E-state index in [0.29, 0.717) is 12.2 Å². The molecule has 106 valence electrons. The van der Waals surface area contributed by atoms with Crippen LogP contribution in [-0.4, -0.2) is 19.9 Å². The number of aromatic amines is 1. The lowest BCUT2D eigenvalue weighted by atomic mass is 10.2. The van der Waals surface area contributed by atoms with Gasteiger partial charge in [0, 0.05) is 18.8 Å². The fraction of sp³-hybridized carbons (Fsp3) is 0.214. The molecular weight excluding hydrogens is 276 g/mol. The molecule has 5 nitrogen and oxygen atoms in total. The van der Waals surface area contributed by atoms with Gasteiger partial charge in [0.1, 0.15) is 4.90 Å². The van der Waals surface area contributed by atoms with Crippen molar-refractivity contribution >= 4 is 15.7 Å². The van der Waals surface area contributed by atoms with Crippen molar-refractivity contribution in [3.8, 4) is 0 Å². The second-order valence-corrected chi connectivity index (χ2v) is 6.21. The maximum absolute atomic E-state index is 12.6. The van der Waals surface area contributed by atoms with Crippen LogP contribution in [0.15, 0.2) is 52.3 Å². The first-order chi connectivity index (χ1) is 9.46. The average Bonchev–Trinajstić information content (AvgIpc) is 2.42. The standard InChI is InChI=1S/C14H16N2O3S/c1-3-16(13-7-5-4-6-11(13)2)20(18,19)12-8-9-14(17)15-10-12/h4-10H,3H2,1-2H3,(H,15,17). The molecule has 0 spiro atoms. The van der Waals surface area contributed by atoms with Crippen molar-refractivity contribution in [2.75, 3.05) is 10.8 Å². The number of hydrogen-bond donors (Lipinski definition) is 1. The predicted molar refractivity (Wildman–Crippen MR) is 78.4 cm³/mol. The largest absolute Gasteiger partial charge is 0.328 e. The third kappa shape index (κ3) is 2.60. The van der Waals surface area contributed by atoms with Crippen LogP contribution in [0.3, 0.4) is 0 Å². The molecule has 0 fully saturated rings. The number of para-hydroxylation sites is 1. The third-order valence-corrected chi connectivity index (χ3v) is 4.90. The van der Waals surface area contributed by atoms with Gasteiger partial charge in [0.05, 0.1) is 5.69 Å². The summed E-state index contributed by atoms with van der Waals surface area (Å²) >= 11 is 0. The molecule has 0 bridgehead atoms. The number of nitrogens with zero attached hydrogens (tertiary/aromatic N) is 1. The van der Waals surface area contributed by atoms with Gasteiger partial charge < -0.3 is 4.98 Å². The summed E-state index contributed by atoms with van der Waals surface area (Å²) in [6.45, 7) is 3.95. The Bertz CT molecular complexity index is 745. The molecule has 2 aromatic rings. The third-order valence-electron chi connectivity index (χ3n) is 3.02. The highest BCUT2D eigenvalue weighted by atomic mass is 32.2. The monoisotopic (exact) mass is 292 g/mol. The Morgan fingerprint density at radius 3 is 2.40 bits per heavy atom. The van der Waals surface area contributed by atoms with E-state index < -0.39 is 10.0 Å². The summed E-state index contributed by atoms with van der Waals surface area (Å²) < 4.78 is 26.6. The first-order valence-corrected chi connectivity index (χ1v) is 7.68. The van der Waals surface area contributed by atoms with Crippen LogP contribution in [0.25, 0.3) is 0 Å². The fourth-order valence-electron chi connectivity index (χ4n) is 2.00. The summed E-state index contributed by atoms with van der Waals surface area (Å²) in [5.41, 5.74) is 1.19. The lowest BCUT2D eigenvalue weighted by Gasteiger charge is -2.24. The quantitative estimate of drug-likeness (QED) is 0.935. The minimum absolute atomic E-state index is 0.0715. The number of rotatable bonds is 4. The number of benzene rings is 1. The lowest BCUT2D eigenvalue weighted by Crippen LogP contribution is -2.31. The SMILES string of the molecule is CCN(c1ccccc1C)S(=O)(=O)c1ccc(=O)[nH]c1. The van der Waals surface area contributed by atoms with E-state index >= 15 is 0 Å². The molecule has 1 aromatic heterocycles. The predicted octanol–water partition coefficient (Wildman–Crippen LogP) is 1.90. The molecule has 6 heteroatoms. The molecule has 20 heavy (non-hydrogen) atoms. The van der Waals surface area contributed by atoms with Crippen LogP contribution < -0.4 is 9.86 Å². The second-order valence-electron chi connectivity index (χ2n) is 4.34. The number of anilines is 1. The van der Waals surface area contributed by atoms with Gasteiger partial charge in [-0.25, -0.2) is 8.42 Å². The maximum atomic E-state index is 12.6. The van der Waals surface area contributed by atoms with Crippen LogP contribution in [0.2, 0.25) is 0 Å². The highest BCUT2D eigenvalue weighted by Crippen LogP contribution is 2.25. The minimum Gasteiger partial charge on any atom is -0.328 e. The smallest absolute Gasteiger partial charge is 0.265 e. The van der Waals surface area contributed by atoms with E-state index in [1.54, 1.807) is 19.1 Å². The lowest BCUT2D eigenvalue weighted by molar-refractivity contribution is 0.591. The zero-order valence-electron chi connectivity index (χ0n) is 11.3. The van der Waals surface area contributed by atoms with Gasteiger partial charge in [-0.3, -0.25) is 9.10 Å². The zero-order valence-corrected chi connectivity index (χ0v) is 12.1. The first kappa shape index (κ1) is 14.3. The Hall–Kier alpha value is -2.08. The van der Waals surface area contributed by atoms with Crippen LogP contribution >= 0.6 is 0 Å². The van der Waals surface area contributed by atoms with Crippen molar-refractivity contribution in [3.63, 3.8) is 0 Å². The molecule has 0 atom stereocenters. The first-order valence-electron chi connectivity index (χ1n) is 6.24. The molecule has 2 rings (SSSR count). The molecule has 1 heterocycles.